The van der Waals surface area contributed by atoms with Gasteiger partial charge in [-0.05, 0) is 25.1 Å². The van der Waals surface area contributed by atoms with Crippen molar-refractivity contribution in [1.82, 2.24) is 4.68 Å². The Hall–Kier alpha value is -4.18. The first-order valence-corrected chi connectivity index (χ1v) is 10.8. The molecule has 9 nitrogen and oxygen atoms in total. The molecule has 2 aromatic heterocycles. The summed E-state index contributed by atoms with van der Waals surface area (Å²) in [4.78, 5) is 16.3. The molecular formula is C23H18N4O5S. The molecule has 2 aromatic carbocycles. The maximum Gasteiger partial charge on any atom is 0.282 e. The second kappa shape index (κ2) is 8.40. The first-order valence-electron chi connectivity index (χ1n) is 9.96. The summed E-state index contributed by atoms with van der Waals surface area (Å²) in [6.07, 6.45) is 1.42. The average Bonchev–Trinajstić information content (AvgIpc) is 3.52. The highest BCUT2D eigenvalue weighted by Gasteiger charge is 2.23. The van der Waals surface area contributed by atoms with Gasteiger partial charge in [0.2, 0.25) is 11.6 Å². The van der Waals surface area contributed by atoms with E-state index in [9.17, 15) is 10.1 Å². The molecule has 4 aromatic rings. The Morgan fingerprint density at radius 3 is 2.82 bits per heavy atom. The van der Waals surface area contributed by atoms with Gasteiger partial charge < -0.3 is 13.9 Å². The molecule has 0 amide bonds. The van der Waals surface area contributed by atoms with Crippen LogP contribution in [-0.4, -0.2) is 29.2 Å². The van der Waals surface area contributed by atoms with Crippen molar-refractivity contribution in [2.24, 2.45) is 10.1 Å². The quantitative estimate of drug-likeness (QED) is 0.174. The second-order valence-corrected chi connectivity index (χ2v) is 8.24. The van der Waals surface area contributed by atoms with E-state index in [-0.39, 0.29) is 18.0 Å². The number of para-hydroxylation sites is 1. The topological polar surface area (TPSA) is 104 Å². The number of nitro benzene ring substituents is 1. The van der Waals surface area contributed by atoms with E-state index in [4.69, 9.17) is 13.9 Å². The Labute approximate surface area is 191 Å². The van der Waals surface area contributed by atoms with Crippen LogP contribution in [0.1, 0.15) is 12.5 Å². The van der Waals surface area contributed by atoms with Crippen LogP contribution in [0.15, 0.2) is 74.5 Å². The molecule has 1 aliphatic heterocycles. The van der Waals surface area contributed by atoms with Crippen LogP contribution in [0.2, 0.25) is 0 Å². The maximum absolute atomic E-state index is 11.6. The fourth-order valence-electron chi connectivity index (χ4n) is 3.33. The molecule has 0 spiro atoms. The van der Waals surface area contributed by atoms with Crippen LogP contribution in [0.5, 0.6) is 11.5 Å². The highest BCUT2D eigenvalue weighted by Crippen LogP contribution is 2.37. The average molecular weight is 462 g/mol. The third-order valence-corrected chi connectivity index (χ3v) is 5.73. The lowest BCUT2D eigenvalue weighted by Crippen LogP contribution is -2.13. The molecule has 1 aliphatic rings. The zero-order valence-electron chi connectivity index (χ0n) is 17.6. The number of rotatable bonds is 6. The first-order chi connectivity index (χ1) is 16.0. The summed E-state index contributed by atoms with van der Waals surface area (Å²) in [5, 5.41) is 19.0. The maximum atomic E-state index is 11.6. The van der Waals surface area contributed by atoms with Crippen molar-refractivity contribution >= 4 is 34.2 Å². The van der Waals surface area contributed by atoms with E-state index in [0.717, 1.165) is 16.5 Å². The van der Waals surface area contributed by atoms with Crippen molar-refractivity contribution in [2.75, 3.05) is 13.3 Å². The Morgan fingerprint density at radius 2 is 2.06 bits per heavy atom. The fourth-order valence-corrected chi connectivity index (χ4v) is 4.15. The summed E-state index contributed by atoms with van der Waals surface area (Å²) in [6, 6.07) is 12.5. The monoisotopic (exact) mass is 462 g/mol. The van der Waals surface area contributed by atoms with Gasteiger partial charge in [0, 0.05) is 10.8 Å². The molecular weight excluding hydrogens is 444 g/mol. The molecule has 0 saturated heterocycles. The minimum atomic E-state index is -0.478. The zero-order valence-corrected chi connectivity index (χ0v) is 18.4. The van der Waals surface area contributed by atoms with E-state index in [1.54, 1.807) is 10.7 Å². The first kappa shape index (κ1) is 20.7. The third kappa shape index (κ3) is 4.03. The van der Waals surface area contributed by atoms with Crippen molar-refractivity contribution in [3.8, 4) is 23.0 Å². The van der Waals surface area contributed by atoms with Crippen LogP contribution in [0.3, 0.4) is 0 Å². The number of ether oxygens (including phenoxy) is 2. The van der Waals surface area contributed by atoms with E-state index in [1.807, 2.05) is 42.6 Å². The lowest BCUT2D eigenvalue weighted by Gasteiger charge is -2.03. The molecule has 0 bridgehead atoms. The summed E-state index contributed by atoms with van der Waals surface area (Å²) in [5.74, 6) is 1.38. The predicted molar refractivity (Wildman–Crippen MR) is 125 cm³/mol. The summed E-state index contributed by atoms with van der Waals surface area (Å²) >= 11 is 1.39. The summed E-state index contributed by atoms with van der Waals surface area (Å²) in [5.41, 5.74) is 2.47. The molecule has 0 fully saturated rings. The van der Waals surface area contributed by atoms with Crippen LogP contribution >= 0.6 is 11.3 Å². The molecule has 0 atom stereocenters. The second-order valence-electron chi connectivity index (χ2n) is 7.40. The third-order valence-electron chi connectivity index (χ3n) is 4.88. The molecule has 0 unspecified atom stereocenters. The number of nitrogens with zero attached hydrogens (tertiary/aromatic N) is 4. The molecule has 3 heterocycles. The molecule has 10 heteroatoms. The summed E-state index contributed by atoms with van der Waals surface area (Å²) in [7, 11) is 0. The Kier molecular flexibility index (Phi) is 5.27. The lowest BCUT2D eigenvalue weighted by molar-refractivity contribution is -0.385. The minimum absolute atomic E-state index is 0.0203. The number of thiazole rings is 1. The number of fused-ring (bicyclic) bond motifs is 2. The van der Waals surface area contributed by atoms with Crippen molar-refractivity contribution in [3.05, 3.63) is 80.5 Å². The smallest absolute Gasteiger partial charge is 0.282 e. The van der Waals surface area contributed by atoms with Crippen LogP contribution < -0.4 is 14.3 Å². The Bertz CT molecular complexity index is 1460. The lowest BCUT2D eigenvalue weighted by atomic mass is 10.1. The standard InChI is InChI=1S/C23H18N4O5S/c1-14(2)10-24-23-26(18(12-33-23)20-7-15-5-3-4-6-19(15)32-20)25-11-16-8-21-22(31-13-30-21)9-17(16)27(28)29/h3-9,11-12H,1,10,13H2,2H3. The fraction of sp³-hybridized carbons (Fsp3) is 0.130. The van der Waals surface area contributed by atoms with Crippen LogP contribution in [0.4, 0.5) is 5.69 Å². The number of hydrogen-bond donors (Lipinski definition) is 0. The van der Waals surface area contributed by atoms with Gasteiger partial charge in [0.15, 0.2) is 17.3 Å². The highest BCUT2D eigenvalue weighted by atomic mass is 32.1. The molecule has 166 valence electrons. The van der Waals surface area contributed by atoms with Gasteiger partial charge in [0.25, 0.3) is 5.69 Å². The molecule has 0 N–H and O–H groups in total. The molecule has 0 saturated carbocycles. The largest absolute Gasteiger partial charge is 0.454 e. The Morgan fingerprint density at radius 1 is 1.27 bits per heavy atom. The minimum Gasteiger partial charge on any atom is -0.454 e. The van der Waals surface area contributed by atoms with Gasteiger partial charge in [-0.2, -0.15) is 5.10 Å². The number of furan rings is 1. The van der Waals surface area contributed by atoms with Gasteiger partial charge in [-0.15, -0.1) is 11.3 Å². The van der Waals surface area contributed by atoms with Crippen molar-refractivity contribution in [2.45, 2.75) is 6.92 Å². The van der Waals surface area contributed by atoms with Gasteiger partial charge in [-0.1, -0.05) is 30.4 Å². The Balaban J connectivity index is 1.63. The number of hydrogen-bond acceptors (Lipinski definition) is 8. The molecule has 5 rings (SSSR count). The van der Waals surface area contributed by atoms with Gasteiger partial charge in [-0.3, -0.25) is 15.1 Å². The van der Waals surface area contributed by atoms with Crippen molar-refractivity contribution < 1.29 is 18.8 Å². The van der Waals surface area contributed by atoms with E-state index >= 15 is 0 Å². The van der Waals surface area contributed by atoms with Crippen molar-refractivity contribution in [1.29, 1.82) is 0 Å². The number of nitro groups is 1. The summed E-state index contributed by atoms with van der Waals surface area (Å²) in [6.45, 7) is 6.24. The molecule has 0 aliphatic carbocycles. The van der Waals surface area contributed by atoms with Gasteiger partial charge in [0.05, 0.1) is 29.3 Å². The van der Waals surface area contributed by atoms with Gasteiger partial charge in [0.1, 0.15) is 11.3 Å². The van der Waals surface area contributed by atoms with Crippen LogP contribution in [-0.2, 0) is 0 Å². The van der Waals surface area contributed by atoms with Crippen LogP contribution in [0.25, 0.3) is 22.4 Å². The number of benzene rings is 2. The van der Waals surface area contributed by atoms with E-state index in [0.29, 0.717) is 34.3 Å². The van der Waals surface area contributed by atoms with E-state index < -0.39 is 4.92 Å². The van der Waals surface area contributed by atoms with E-state index in [1.165, 1.54) is 23.6 Å². The van der Waals surface area contributed by atoms with Crippen LogP contribution in [0, 0.1) is 10.1 Å². The normalized spacial score (nSPS) is 13.3. The SMILES string of the molecule is C=C(C)CN=c1scc(-c2cc3ccccc3o2)n1N=Cc1cc2c(cc1[N+](=O)[O-])OCO2. The summed E-state index contributed by atoms with van der Waals surface area (Å²) < 4.78 is 18.3. The highest BCUT2D eigenvalue weighted by molar-refractivity contribution is 7.07. The zero-order chi connectivity index (χ0) is 22.9. The number of aromatic nitrogens is 1. The van der Waals surface area contributed by atoms with Crippen molar-refractivity contribution in [3.63, 3.8) is 0 Å². The molecule has 33 heavy (non-hydrogen) atoms. The van der Waals surface area contributed by atoms with Gasteiger partial charge >= 0.3 is 0 Å². The van der Waals surface area contributed by atoms with Gasteiger partial charge in [-0.25, -0.2) is 4.68 Å². The van der Waals surface area contributed by atoms with E-state index in [2.05, 4.69) is 16.7 Å². The molecule has 0 radical (unpaired) electrons. The predicted octanol–water partition coefficient (Wildman–Crippen LogP) is 4.96.